The van der Waals surface area contributed by atoms with Gasteiger partial charge in [0.2, 0.25) is 0 Å². The Hall–Kier alpha value is -1.48. The molecule has 0 aliphatic carbocycles. The van der Waals surface area contributed by atoms with Gasteiger partial charge in [-0.3, -0.25) is 0 Å². The van der Waals surface area contributed by atoms with Crippen LogP contribution in [0.2, 0.25) is 0 Å². The molecular weight excluding hydrogens is 302 g/mol. The predicted octanol–water partition coefficient (Wildman–Crippen LogP) is 6.24. The molecule has 1 heterocycles. The van der Waals surface area contributed by atoms with Crippen LogP contribution in [-0.4, -0.2) is 5.11 Å². The minimum absolute atomic E-state index is 0.0725. The van der Waals surface area contributed by atoms with Crippen molar-refractivity contribution in [2.24, 2.45) is 10.8 Å². The van der Waals surface area contributed by atoms with E-state index in [-0.39, 0.29) is 11.5 Å². The zero-order valence-electron chi connectivity index (χ0n) is 15.1. The van der Waals surface area contributed by atoms with Crippen LogP contribution >= 0.6 is 11.3 Å². The molecule has 0 saturated carbocycles. The maximum Gasteiger partial charge on any atom is 0.115 e. The van der Waals surface area contributed by atoms with Crippen LogP contribution in [0.25, 0.3) is 0 Å². The lowest BCUT2D eigenvalue weighted by Crippen LogP contribution is -2.25. The number of phenolic OH excluding ortho intramolecular Hbond substituents is 1. The van der Waals surface area contributed by atoms with Gasteiger partial charge in [-0.2, -0.15) is 0 Å². The van der Waals surface area contributed by atoms with E-state index in [1.807, 2.05) is 23.5 Å². The van der Waals surface area contributed by atoms with Crippen molar-refractivity contribution in [1.82, 2.24) is 0 Å². The Morgan fingerprint density at radius 3 is 2.17 bits per heavy atom. The average molecular weight is 332 g/mol. The number of thiophene rings is 1. The lowest BCUT2D eigenvalue weighted by Gasteiger charge is -2.32. The van der Waals surface area contributed by atoms with Gasteiger partial charge < -0.3 is 10.4 Å². The first-order chi connectivity index (χ1) is 10.5. The summed E-state index contributed by atoms with van der Waals surface area (Å²) in [5.41, 5.74) is 2.76. The number of nitrogens with one attached hydrogen (secondary N) is 1. The second-order valence-corrected chi connectivity index (χ2v) is 9.57. The van der Waals surface area contributed by atoms with Gasteiger partial charge >= 0.3 is 0 Å². The third kappa shape index (κ3) is 5.28. The van der Waals surface area contributed by atoms with Gasteiger partial charge in [-0.15, -0.1) is 11.3 Å². The van der Waals surface area contributed by atoms with Crippen LogP contribution in [0.5, 0.6) is 5.75 Å². The molecule has 0 radical (unpaired) electrons. The monoisotopic (exact) mass is 331 g/mol. The molecule has 0 saturated heterocycles. The van der Waals surface area contributed by atoms with E-state index >= 15 is 0 Å². The van der Waals surface area contributed by atoms with E-state index in [2.05, 4.69) is 58.3 Å². The van der Waals surface area contributed by atoms with Gasteiger partial charge in [0.1, 0.15) is 5.75 Å². The fraction of sp³-hybridized carbons (Fsp3) is 0.500. The maximum absolute atomic E-state index is 9.52. The van der Waals surface area contributed by atoms with Crippen LogP contribution in [-0.2, 0) is 6.42 Å². The Labute approximate surface area is 144 Å². The molecule has 0 aliphatic heterocycles. The lowest BCUT2D eigenvalue weighted by atomic mass is 9.82. The fourth-order valence-corrected chi connectivity index (χ4v) is 3.83. The van der Waals surface area contributed by atoms with Crippen molar-refractivity contribution >= 4 is 17.0 Å². The lowest BCUT2D eigenvalue weighted by molar-refractivity contribution is 0.347. The van der Waals surface area contributed by atoms with E-state index in [1.165, 1.54) is 16.1 Å². The number of hydrogen-bond acceptors (Lipinski definition) is 3. The van der Waals surface area contributed by atoms with Crippen LogP contribution in [0.3, 0.4) is 0 Å². The molecule has 126 valence electrons. The number of aromatic hydroxyl groups is 1. The third-order valence-electron chi connectivity index (χ3n) is 3.76. The van der Waals surface area contributed by atoms with Crippen molar-refractivity contribution in [2.45, 2.75) is 54.0 Å². The standard InChI is InChI=1S/C20H29NOS/c1-19(2,3)12-17-11-15(13-23-17)21-18(20(4,5)6)14-7-9-16(22)10-8-14/h7-11,13,18,21-22H,12H2,1-6H3. The average Bonchev–Trinajstić information content (AvgIpc) is 2.81. The molecule has 2 nitrogen and oxygen atoms in total. The largest absolute Gasteiger partial charge is 0.508 e. The summed E-state index contributed by atoms with van der Waals surface area (Å²) in [6.07, 6.45) is 1.10. The minimum atomic E-state index is 0.0725. The summed E-state index contributed by atoms with van der Waals surface area (Å²) in [5, 5.41) is 15.4. The molecule has 0 fully saturated rings. The highest BCUT2D eigenvalue weighted by Gasteiger charge is 2.26. The quantitative estimate of drug-likeness (QED) is 0.695. The van der Waals surface area contributed by atoms with Crippen molar-refractivity contribution in [1.29, 1.82) is 0 Å². The highest BCUT2D eigenvalue weighted by molar-refractivity contribution is 7.10. The summed E-state index contributed by atoms with van der Waals surface area (Å²) in [7, 11) is 0. The molecule has 1 atom stereocenters. The van der Waals surface area contributed by atoms with Gasteiger partial charge in [0, 0.05) is 15.9 Å². The number of phenols is 1. The fourth-order valence-electron chi connectivity index (χ4n) is 2.71. The minimum Gasteiger partial charge on any atom is -0.508 e. The zero-order valence-corrected chi connectivity index (χ0v) is 15.9. The number of rotatable bonds is 4. The van der Waals surface area contributed by atoms with E-state index in [9.17, 15) is 5.11 Å². The second kappa shape index (κ2) is 6.56. The van der Waals surface area contributed by atoms with E-state index in [1.54, 1.807) is 12.1 Å². The van der Waals surface area contributed by atoms with Gasteiger partial charge in [0.05, 0.1) is 6.04 Å². The molecule has 0 spiro atoms. The summed E-state index contributed by atoms with van der Waals surface area (Å²) >= 11 is 1.82. The Bertz CT molecular complexity index is 629. The van der Waals surface area contributed by atoms with Gasteiger partial charge in [0.25, 0.3) is 0 Å². The smallest absolute Gasteiger partial charge is 0.115 e. The first kappa shape index (κ1) is 17.9. The molecule has 2 N–H and O–H groups in total. The summed E-state index contributed by atoms with van der Waals surface area (Å²) in [5.74, 6) is 0.310. The molecule has 0 aliphatic rings. The first-order valence-electron chi connectivity index (χ1n) is 8.17. The second-order valence-electron chi connectivity index (χ2n) is 8.57. The van der Waals surface area contributed by atoms with Gasteiger partial charge in [-0.05, 0) is 41.0 Å². The van der Waals surface area contributed by atoms with Gasteiger partial charge in [-0.25, -0.2) is 0 Å². The van der Waals surface area contributed by atoms with E-state index in [0.717, 1.165) is 6.42 Å². The van der Waals surface area contributed by atoms with Crippen LogP contribution in [0, 0.1) is 10.8 Å². The van der Waals surface area contributed by atoms with E-state index < -0.39 is 0 Å². The Kier molecular flexibility index (Phi) is 5.10. The third-order valence-corrected chi connectivity index (χ3v) is 4.70. The van der Waals surface area contributed by atoms with Crippen LogP contribution in [0.4, 0.5) is 5.69 Å². The van der Waals surface area contributed by atoms with Gasteiger partial charge in [-0.1, -0.05) is 53.7 Å². The summed E-state index contributed by atoms with van der Waals surface area (Å²) < 4.78 is 0. The van der Waals surface area contributed by atoms with Crippen molar-refractivity contribution in [3.63, 3.8) is 0 Å². The molecule has 1 aromatic heterocycles. The summed E-state index contributed by atoms with van der Waals surface area (Å²) in [6.45, 7) is 13.5. The van der Waals surface area contributed by atoms with Crippen LogP contribution in [0.1, 0.15) is 58.0 Å². The molecule has 23 heavy (non-hydrogen) atoms. The Balaban J connectivity index is 2.20. The van der Waals surface area contributed by atoms with Crippen LogP contribution in [0.15, 0.2) is 35.7 Å². The molecule has 3 heteroatoms. The number of hydrogen-bond donors (Lipinski definition) is 2. The molecular formula is C20H29NOS. The first-order valence-corrected chi connectivity index (χ1v) is 9.05. The van der Waals surface area contributed by atoms with Crippen LogP contribution < -0.4 is 5.32 Å². The van der Waals surface area contributed by atoms with E-state index in [4.69, 9.17) is 0 Å². The SMILES string of the molecule is CC(C)(C)Cc1cc(NC(c2ccc(O)cc2)C(C)(C)C)cs1. The molecule has 1 unspecified atom stereocenters. The number of anilines is 1. The molecule has 0 amide bonds. The highest BCUT2D eigenvalue weighted by Crippen LogP contribution is 2.38. The maximum atomic E-state index is 9.52. The predicted molar refractivity (Wildman–Crippen MR) is 101 cm³/mol. The van der Waals surface area contributed by atoms with E-state index in [0.29, 0.717) is 11.2 Å². The molecule has 2 rings (SSSR count). The Morgan fingerprint density at radius 1 is 1.04 bits per heavy atom. The normalized spacial score (nSPS) is 13.8. The number of benzene rings is 1. The topological polar surface area (TPSA) is 32.3 Å². The van der Waals surface area contributed by atoms with Crippen molar-refractivity contribution in [3.8, 4) is 5.75 Å². The molecule has 2 aromatic rings. The highest BCUT2D eigenvalue weighted by atomic mass is 32.1. The summed E-state index contributed by atoms with van der Waals surface area (Å²) in [6, 6.07) is 9.99. The molecule has 0 bridgehead atoms. The van der Waals surface area contributed by atoms with Crippen molar-refractivity contribution < 1.29 is 5.11 Å². The summed E-state index contributed by atoms with van der Waals surface area (Å²) in [4.78, 5) is 1.42. The zero-order chi connectivity index (χ0) is 17.3. The van der Waals surface area contributed by atoms with Gasteiger partial charge in [0.15, 0.2) is 0 Å². The van der Waals surface area contributed by atoms with Crippen molar-refractivity contribution in [3.05, 3.63) is 46.2 Å². The molecule has 1 aromatic carbocycles. The van der Waals surface area contributed by atoms with Crippen molar-refractivity contribution in [2.75, 3.05) is 5.32 Å². The Morgan fingerprint density at radius 2 is 1.65 bits per heavy atom.